The SMILES string of the molecule is Cn1c(NS(=O)(=O)c2cn(-c3ccccc3)nc2-c2ccccc2)cc(=O)n(C)c1=O. The van der Waals surface area contributed by atoms with Crippen molar-refractivity contribution in [2.24, 2.45) is 14.1 Å². The summed E-state index contributed by atoms with van der Waals surface area (Å²) < 4.78 is 32.4. The van der Waals surface area contributed by atoms with E-state index in [-0.39, 0.29) is 16.4 Å². The van der Waals surface area contributed by atoms with Crippen LogP contribution in [0.3, 0.4) is 0 Å². The summed E-state index contributed by atoms with van der Waals surface area (Å²) in [4.78, 5) is 24.1. The first-order valence-corrected chi connectivity index (χ1v) is 10.8. The van der Waals surface area contributed by atoms with Crippen molar-refractivity contribution in [3.63, 3.8) is 0 Å². The number of anilines is 1. The minimum atomic E-state index is -4.19. The van der Waals surface area contributed by atoms with Crippen molar-refractivity contribution in [2.45, 2.75) is 4.90 Å². The minimum absolute atomic E-state index is 0.0873. The lowest BCUT2D eigenvalue weighted by Gasteiger charge is -2.12. The zero-order chi connectivity index (χ0) is 22.2. The van der Waals surface area contributed by atoms with E-state index in [1.54, 1.807) is 36.4 Å². The average molecular weight is 437 g/mol. The van der Waals surface area contributed by atoms with Crippen LogP contribution < -0.4 is 16.0 Å². The normalized spacial score (nSPS) is 11.4. The third kappa shape index (κ3) is 3.80. The number of nitrogens with one attached hydrogen (secondary N) is 1. The predicted molar refractivity (Wildman–Crippen MR) is 117 cm³/mol. The van der Waals surface area contributed by atoms with Crippen LogP contribution in [0.15, 0.2) is 87.4 Å². The van der Waals surface area contributed by atoms with E-state index in [0.29, 0.717) is 11.3 Å². The molecule has 0 atom stereocenters. The Kier molecular flexibility index (Phi) is 5.07. The summed E-state index contributed by atoms with van der Waals surface area (Å²) in [6.45, 7) is 0. The monoisotopic (exact) mass is 437 g/mol. The highest BCUT2D eigenvalue weighted by Crippen LogP contribution is 2.28. The smallest absolute Gasteiger partial charge is 0.282 e. The Bertz CT molecular complexity index is 1470. The summed E-state index contributed by atoms with van der Waals surface area (Å²) in [5, 5.41) is 4.49. The fourth-order valence-corrected chi connectivity index (χ4v) is 4.32. The molecule has 10 heteroatoms. The van der Waals surface area contributed by atoms with Crippen LogP contribution in [0.25, 0.3) is 16.9 Å². The van der Waals surface area contributed by atoms with Gasteiger partial charge in [0.2, 0.25) is 0 Å². The molecule has 0 aliphatic carbocycles. The molecule has 0 fully saturated rings. The number of para-hydroxylation sites is 1. The van der Waals surface area contributed by atoms with E-state index in [9.17, 15) is 18.0 Å². The van der Waals surface area contributed by atoms with Gasteiger partial charge in [0, 0.05) is 25.7 Å². The molecule has 0 unspecified atom stereocenters. The first kappa shape index (κ1) is 20.4. The molecular formula is C21H19N5O4S. The van der Waals surface area contributed by atoms with Gasteiger partial charge in [-0.2, -0.15) is 5.10 Å². The zero-order valence-corrected chi connectivity index (χ0v) is 17.6. The molecule has 158 valence electrons. The standard InChI is InChI=1S/C21H19N5O4S/c1-24-18(13-19(27)25(2)21(24)28)23-31(29,30)17-14-26(16-11-7-4-8-12-16)22-20(17)15-9-5-3-6-10-15/h3-14,23H,1-2H3. The van der Waals surface area contributed by atoms with Crippen LogP contribution in [0.1, 0.15) is 0 Å². The minimum Gasteiger partial charge on any atom is -0.282 e. The van der Waals surface area contributed by atoms with Crippen molar-refractivity contribution >= 4 is 15.8 Å². The number of benzene rings is 2. The highest BCUT2D eigenvalue weighted by Gasteiger charge is 2.25. The largest absolute Gasteiger partial charge is 0.332 e. The number of hydrogen-bond donors (Lipinski definition) is 1. The van der Waals surface area contributed by atoms with Gasteiger partial charge < -0.3 is 0 Å². The van der Waals surface area contributed by atoms with Crippen molar-refractivity contribution in [3.8, 4) is 16.9 Å². The van der Waals surface area contributed by atoms with E-state index in [0.717, 1.165) is 15.2 Å². The highest BCUT2D eigenvalue weighted by atomic mass is 32.2. The van der Waals surface area contributed by atoms with Gasteiger partial charge in [0.25, 0.3) is 15.6 Å². The summed E-state index contributed by atoms with van der Waals surface area (Å²) in [6.07, 6.45) is 1.40. The third-order valence-corrected chi connectivity index (χ3v) is 6.16. The van der Waals surface area contributed by atoms with Gasteiger partial charge in [-0.15, -0.1) is 0 Å². The maximum absolute atomic E-state index is 13.3. The van der Waals surface area contributed by atoms with E-state index in [4.69, 9.17) is 0 Å². The van der Waals surface area contributed by atoms with Crippen LogP contribution in [-0.4, -0.2) is 27.3 Å². The van der Waals surface area contributed by atoms with E-state index in [2.05, 4.69) is 9.82 Å². The lowest BCUT2D eigenvalue weighted by atomic mass is 10.2. The van der Waals surface area contributed by atoms with Crippen molar-refractivity contribution in [1.82, 2.24) is 18.9 Å². The number of nitrogens with zero attached hydrogens (tertiary/aromatic N) is 4. The lowest BCUT2D eigenvalue weighted by Crippen LogP contribution is -2.38. The number of aromatic nitrogens is 4. The molecular weight excluding hydrogens is 418 g/mol. The molecule has 0 spiro atoms. The fraction of sp³-hybridized carbons (Fsp3) is 0.0952. The van der Waals surface area contributed by atoms with Crippen LogP contribution in [0.2, 0.25) is 0 Å². The average Bonchev–Trinajstić information content (AvgIpc) is 3.24. The van der Waals surface area contributed by atoms with Gasteiger partial charge in [0.05, 0.1) is 11.9 Å². The molecule has 4 rings (SSSR count). The van der Waals surface area contributed by atoms with Crippen LogP contribution in [0.5, 0.6) is 0 Å². The van der Waals surface area contributed by atoms with E-state index >= 15 is 0 Å². The number of sulfonamides is 1. The Labute approximate surface area is 177 Å². The Morgan fingerprint density at radius 2 is 1.48 bits per heavy atom. The van der Waals surface area contributed by atoms with Crippen molar-refractivity contribution < 1.29 is 8.42 Å². The molecule has 1 N–H and O–H groups in total. The van der Waals surface area contributed by atoms with Gasteiger partial charge in [0.1, 0.15) is 16.4 Å². The molecule has 2 aromatic heterocycles. The summed E-state index contributed by atoms with van der Waals surface area (Å²) >= 11 is 0. The molecule has 9 nitrogen and oxygen atoms in total. The van der Waals surface area contributed by atoms with Gasteiger partial charge in [0.15, 0.2) is 0 Å². The molecule has 31 heavy (non-hydrogen) atoms. The zero-order valence-electron chi connectivity index (χ0n) is 16.8. The summed E-state index contributed by atoms with van der Waals surface area (Å²) in [5.41, 5.74) is 0.265. The van der Waals surface area contributed by atoms with Crippen molar-refractivity contribution in [2.75, 3.05) is 4.72 Å². The third-order valence-electron chi connectivity index (χ3n) is 4.80. The Morgan fingerprint density at radius 3 is 2.13 bits per heavy atom. The second kappa shape index (κ2) is 7.73. The maximum atomic E-state index is 13.3. The summed E-state index contributed by atoms with van der Waals surface area (Å²) in [6, 6.07) is 19.0. The molecule has 0 aliphatic heterocycles. The lowest BCUT2D eigenvalue weighted by molar-refractivity contribution is 0.600. The van der Waals surface area contributed by atoms with Crippen LogP contribution in [0, 0.1) is 0 Å². The molecule has 0 saturated heterocycles. The first-order valence-electron chi connectivity index (χ1n) is 9.28. The van der Waals surface area contributed by atoms with Gasteiger partial charge in [-0.1, -0.05) is 48.5 Å². The van der Waals surface area contributed by atoms with Gasteiger partial charge in [-0.25, -0.2) is 17.9 Å². The van der Waals surface area contributed by atoms with Crippen LogP contribution in [0.4, 0.5) is 5.82 Å². The second-order valence-corrected chi connectivity index (χ2v) is 8.51. The topological polar surface area (TPSA) is 108 Å². The molecule has 0 radical (unpaired) electrons. The highest BCUT2D eigenvalue weighted by molar-refractivity contribution is 7.92. The summed E-state index contributed by atoms with van der Waals surface area (Å²) in [7, 11) is -1.49. The van der Waals surface area contributed by atoms with Crippen molar-refractivity contribution in [3.05, 3.63) is 93.8 Å². The quantitative estimate of drug-likeness (QED) is 0.512. The van der Waals surface area contributed by atoms with Gasteiger partial charge >= 0.3 is 5.69 Å². The Balaban J connectivity index is 1.87. The van der Waals surface area contributed by atoms with E-state index < -0.39 is 21.3 Å². The van der Waals surface area contributed by atoms with E-state index in [1.165, 1.54) is 25.0 Å². The number of hydrogen-bond acceptors (Lipinski definition) is 5. The second-order valence-electron chi connectivity index (χ2n) is 6.86. The Hall–Kier alpha value is -3.92. The Morgan fingerprint density at radius 1 is 0.871 bits per heavy atom. The molecule has 2 aromatic carbocycles. The van der Waals surface area contributed by atoms with Gasteiger partial charge in [-0.3, -0.25) is 18.7 Å². The van der Waals surface area contributed by atoms with Crippen LogP contribution >= 0.6 is 0 Å². The molecule has 0 amide bonds. The molecule has 0 aliphatic rings. The first-order chi connectivity index (χ1) is 14.8. The predicted octanol–water partition coefficient (Wildman–Crippen LogP) is 1.74. The molecule has 0 bridgehead atoms. The van der Waals surface area contributed by atoms with E-state index in [1.807, 2.05) is 24.3 Å². The summed E-state index contributed by atoms with van der Waals surface area (Å²) in [5.74, 6) is -0.139. The molecule has 2 heterocycles. The molecule has 0 saturated carbocycles. The van der Waals surface area contributed by atoms with Gasteiger partial charge in [-0.05, 0) is 12.1 Å². The number of rotatable bonds is 5. The fourth-order valence-electron chi connectivity index (χ4n) is 3.09. The van der Waals surface area contributed by atoms with Crippen molar-refractivity contribution in [1.29, 1.82) is 0 Å². The maximum Gasteiger partial charge on any atom is 0.332 e. The van der Waals surface area contributed by atoms with Crippen LogP contribution in [-0.2, 0) is 24.1 Å². The molecule has 4 aromatic rings.